The zero-order valence-electron chi connectivity index (χ0n) is 19.8. The first-order valence-electron chi connectivity index (χ1n) is 11.1. The Morgan fingerprint density at radius 1 is 0.909 bits per heavy atom. The molecular weight excluding hydrogens is 416 g/mol. The average Bonchev–Trinajstić information content (AvgIpc) is 2.75. The second-order valence-corrected chi connectivity index (χ2v) is 9.12. The van der Waals surface area contributed by atoms with Gasteiger partial charge in [0.1, 0.15) is 11.5 Å². The molecule has 172 valence electrons. The van der Waals surface area contributed by atoms with Gasteiger partial charge >= 0.3 is 12.1 Å². The molecule has 0 amide bonds. The van der Waals surface area contributed by atoms with Gasteiger partial charge in [0.15, 0.2) is 0 Å². The minimum Gasteiger partial charge on any atom is -0.478 e. The molecular formula is C28H30O5. The Balaban J connectivity index is 2.16. The van der Waals surface area contributed by atoms with Gasteiger partial charge in [-0.25, -0.2) is 9.59 Å². The van der Waals surface area contributed by atoms with Crippen LogP contribution in [0.15, 0.2) is 60.7 Å². The van der Waals surface area contributed by atoms with E-state index in [4.69, 9.17) is 9.47 Å². The maximum atomic E-state index is 12.6. The van der Waals surface area contributed by atoms with E-state index in [2.05, 4.69) is 27.7 Å². The summed E-state index contributed by atoms with van der Waals surface area (Å²) in [7, 11) is 0. The van der Waals surface area contributed by atoms with Crippen molar-refractivity contribution in [2.45, 2.75) is 52.9 Å². The molecule has 3 aromatic rings. The number of benzene rings is 3. The quantitative estimate of drug-likeness (QED) is 0.320. The number of hydrogen-bond donors (Lipinski definition) is 1. The predicted molar refractivity (Wildman–Crippen MR) is 129 cm³/mol. The van der Waals surface area contributed by atoms with E-state index in [9.17, 15) is 14.7 Å². The molecule has 0 aliphatic carbocycles. The first-order chi connectivity index (χ1) is 15.6. The molecule has 0 heterocycles. The van der Waals surface area contributed by atoms with Crippen molar-refractivity contribution in [2.75, 3.05) is 0 Å². The SMILES string of the molecule is CCCc1ccc(C(=O)O)c(-c2cc(C(C)(C)C)cc(C)c2OC(=O)Oc2ccccc2)c1. The predicted octanol–water partition coefficient (Wildman–Crippen LogP) is 7.19. The maximum Gasteiger partial charge on any atom is 0.519 e. The van der Waals surface area contributed by atoms with Crippen molar-refractivity contribution in [3.8, 4) is 22.6 Å². The van der Waals surface area contributed by atoms with Crippen molar-refractivity contribution < 1.29 is 24.2 Å². The van der Waals surface area contributed by atoms with Crippen molar-refractivity contribution in [2.24, 2.45) is 0 Å². The molecule has 0 fully saturated rings. The molecule has 0 unspecified atom stereocenters. The fourth-order valence-electron chi connectivity index (χ4n) is 3.68. The molecule has 0 aliphatic heterocycles. The Morgan fingerprint density at radius 2 is 1.61 bits per heavy atom. The molecule has 3 rings (SSSR count). The van der Waals surface area contributed by atoms with E-state index >= 15 is 0 Å². The number of aromatic carboxylic acids is 1. The van der Waals surface area contributed by atoms with Crippen LogP contribution in [0.1, 0.15) is 61.2 Å². The highest BCUT2D eigenvalue weighted by Gasteiger charge is 2.24. The number of aryl methyl sites for hydroxylation is 2. The Hall–Kier alpha value is -3.60. The summed E-state index contributed by atoms with van der Waals surface area (Å²) >= 11 is 0. The molecule has 1 N–H and O–H groups in total. The van der Waals surface area contributed by atoms with Crippen LogP contribution in [0.5, 0.6) is 11.5 Å². The summed E-state index contributed by atoms with van der Waals surface area (Å²) in [5.41, 5.74) is 3.80. The topological polar surface area (TPSA) is 72.8 Å². The van der Waals surface area contributed by atoms with Crippen molar-refractivity contribution in [1.29, 1.82) is 0 Å². The zero-order chi connectivity index (χ0) is 24.2. The Morgan fingerprint density at radius 3 is 2.21 bits per heavy atom. The van der Waals surface area contributed by atoms with Crippen LogP contribution in [0, 0.1) is 6.92 Å². The lowest BCUT2D eigenvalue weighted by atomic mass is 9.83. The highest BCUT2D eigenvalue weighted by Crippen LogP contribution is 2.40. The van der Waals surface area contributed by atoms with E-state index in [1.54, 1.807) is 30.3 Å². The standard InChI is InChI=1S/C28H30O5/c1-6-10-19-13-14-22(26(29)30)23(16-19)24-17-20(28(3,4)5)15-18(2)25(24)33-27(31)32-21-11-8-7-9-12-21/h7-9,11-17H,6,10H2,1-5H3,(H,29,30). The summed E-state index contributed by atoms with van der Waals surface area (Å²) < 4.78 is 11.0. The fraction of sp³-hybridized carbons (Fsp3) is 0.286. The van der Waals surface area contributed by atoms with Crippen LogP contribution in [0.4, 0.5) is 4.79 Å². The van der Waals surface area contributed by atoms with Crippen LogP contribution in [0.3, 0.4) is 0 Å². The lowest BCUT2D eigenvalue weighted by Gasteiger charge is -2.23. The minimum atomic E-state index is -1.04. The Kier molecular flexibility index (Phi) is 7.22. The molecule has 5 heteroatoms. The number of carboxylic acid groups (broad SMARTS) is 1. The third-order valence-corrected chi connectivity index (χ3v) is 5.41. The van der Waals surface area contributed by atoms with E-state index in [-0.39, 0.29) is 11.0 Å². The smallest absolute Gasteiger partial charge is 0.478 e. The molecule has 0 atom stereocenters. The fourth-order valence-corrected chi connectivity index (χ4v) is 3.68. The molecule has 5 nitrogen and oxygen atoms in total. The largest absolute Gasteiger partial charge is 0.519 e. The van der Waals surface area contributed by atoms with Crippen LogP contribution in [-0.4, -0.2) is 17.2 Å². The van der Waals surface area contributed by atoms with Crippen molar-refractivity contribution in [3.63, 3.8) is 0 Å². The molecule has 0 aromatic heterocycles. The van der Waals surface area contributed by atoms with Gasteiger partial charge in [-0.05, 0) is 59.7 Å². The van der Waals surface area contributed by atoms with Crippen LogP contribution in [-0.2, 0) is 11.8 Å². The second kappa shape index (κ2) is 9.90. The van der Waals surface area contributed by atoms with Gasteiger partial charge in [0.05, 0.1) is 5.56 Å². The normalized spacial score (nSPS) is 11.2. The minimum absolute atomic E-state index is 0.154. The van der Waals surface area contributed by atoms with Gasteiger partial charge in [0, 0.05) is 11.1 Å². The number of para-hydroxylation sites is 1. The lowest BCUT2D eigenvalue weighted by Crippen LogP contribution is -2.17. The number of hydrogen-bond acceptors (Lipinski definition) is 4. The molecule has 0 saturated carbocycles. The molecule has 3 aromatic carbocycles. The summed E-state index contributed by atoms with van der Waals surface area (Å²) in [6.45, 7) is 10.2. The van der Waals surface area contributed by atoms with E-state index in [1.807, 2.05) is 37.3 Å². The number of rotatable bonds is 6. The highest BCUT2D eigenvalue weighted by atomic mass is 16.7. The van der Waals surface area contributed by atoms with Crippen molar-refractivity contribution in [1.82, 2.24) is 0 Å². The summed E-state index contributed by atoms with van der Waals surface area (Å²) in [6, 6.07) is 17.9. The number of carboxylic acids is 1. The van der Waals surface area contributed by atoms with Gasteiger partial charge in [-0.2, -0.15) is 0 Å². The van der Waals surface area contributed by atoms with Crippen LogP contribution >= 0.6 is 0 Å². The van der Waals surface area contributed by atoms with Gasteiger partial charge < -0.3 is 14.6 Å². The molecule has 0 bridgehead atoms. The first kappa shape index (κ1) is 24.1. The van der Waals surface area contributed by atoms with Gasteiger partial charge in [-0.15, -0.1) is 0 Å². The van der Waals surface area contributed by atoms with Gasteiger partial charge in [0.25, 0.3) is 0 Å². The molecule has 0 aliphatic rings. The lowest BCUT2D eigenvalue weighted by molar-refractivity contribution is 0.0697. The maximum absolute atomic E-state index is 12.6. The summed E-state index contributed by atoms with van der Waals surface area (Å²) in [6.07, 6.45) is 0.868. The monoisotopic (exact) mass is 446 g/mol. The van der Waals surface area contributed by atoms with E-state index in [1.165, 1.54) is 0 Å². The molecule has 33 heavy (non-hydrogen) atoms. The number of ether oxygens (including phenoxy) is 2. The van der Waals surface area contributed by atoms with E-state index in [0.717, 1.165) is 29.5 Å². The molecule has 0 spiro atoms. The van der Waals surface area contributed by atoms with Crippen LogP contribution < -0.4 is 9.47 Å². The first-order valence-corrected chi connectivity index (χ1v) is 11.1. The second-order valence-electron chi connectivity index (χ2n) is 9.12. The highest BCUT2D eigenvalue weighted by molar-refractivity contribution is 5.97. The average molecular weight is 447 g/mol. The van der Waals surface area contributed by atoms with E-state index in [0.29, 0.717) is 22.6 Å². The number of carbonyl (C=O) groups is 2. The molecule has 0 radical (unpaired) electrons. The summed E-state index contributed by atoms with van der Waals surface area (Å²) in [5.74, 6) is -0.381. The summed E-state index contributed by atoms with van der Waals surface area (Å²) in [5, 5.41) is 9.88. The van der Waals surface area contributed by atoms with Crippen molar-refractivity contribution >= 4 is 12.1 Å². The zero-order valence-corrected chi connectivity index (χ0v) is 19.8. The van der Waals surface area contributed by atoms with Gasteiger partial charge in [-0.1, -0.05) is 70.5 Å². The Labute approximate surface area is 195 Å². The third kappa shape index (κ3) is 5.80. The summed E-state index contributed by atoms with van der Waals surface area (Å²) in [4.78, 5) is 24.7. The van der Waals surface area contributed by atoms with Gasteiger partial charge in [-0.3, -0.25) is 0 Å². The van der Waals surface area contributed by atoms with Crippen LogP contribution in [0.25, 0.3) is 11.1 Å². The Bertz CT molecular complexity index is 1160. The van der Waals surface area contributed by atoms with E-state index < -0.39 is 12.1 Å². The van der Waals surface area contributed by atoms with Crippen LogP contribution in [0.2, 0.25) is 0 Å². The van der Waals surface area contributed by atoms with Gasteiger partial charge in [0.2, 0.25) is 0 Å². The molecule has 0 saturated heterocycles. The van der Waals surface area contributed by atoms with Crippen molar-refractivity contribution in [3.05, 3.63) is 82.9 Å². The third-order valence-electron chi connectivity index (χ3n) is 5.41. The number of carbonyl (C=O) groups excluding carboxylic acids is 1.